The standard InChI is InChI=1S/C15H12O/c1-11-7-8-13-14(10-16-15(13)9-11)12-5-3-2-4-6-12/h2-10H,1H3. The zero-order valence-electron chi connectivity index (χ0n) is 9.10. The summed E-state index contributed by atoms with van der Waals surface area (Å²) in [4.78, 5) is 0. The van der Waals surface area contributed by atoms with E-state index in [9.17, 15) is 0 Å². The molecule has 1 heterocycles. The number of aryl methyl sites for hydroxylation is 1. The third kappa shape index (κ3) is 1.41. The van der Waals surface area contributed by atoms with Crippen molar-refractivity contribution in [1.29, 1.82) is 0 Å². The van der Waals surface area contributed by atoms with Crippen LogP contribution in [-0.4, -0.2) is 0 Å². The molecule has 0 aliphatic heterocycles. The molecule has 0 bridgehead atoms. The summed E-state index contributed by atoms with van der Waals surface area (Å²) in [6, 6.07) is 16.6. The molecule has 1 nitrogen and oxygen atoms in total. The second-order valence-corrected chi connectivity index (χ2v) is 4.02. The van der Waals surface area contributed by atoms with E-state index in [2.05, 4.69) is 37.3 Å². The largest absolute Gasteiger partial charge is 0.464 e. The number of rotatable bonds is 1. The van der Waals surface area contributed by atoms with Gasteiger partial charge in [0.1, 0.15) is 5.58 Å². The van der Waals surface area contributed by atoms with Gasteiger partial charge in [-0.1, -0.05) is 42.5 Å². The maximum absolute atomic E-state index is 5.58. The monoisotopic (exact) mass is 208 g/mol. The van der Waals surface area contributed by atoms with Crippen molar-refractivity contribution in [3.63, 3.8) is 0 Å². The van der Waals surface area contributed by atoms with E-state index in [-0.39, 0.29) is 0 Å². The van der Waals surface area contributed by atoms with Crippen molar-refractivity contribution in [2.45, 2.75) is 6.92 Å². The number of fused-ring (bicyclic) bond motifs is 1. The molecular formula is C15H12O. The highest BCUT2D eigenvalue weighted by Gasteiger charge is 2.06. The van der Waals surface area contributed by atoms with Gasteiger partial charge in [0, 0.05) is 10.9 Å². The van der Waals surface area contributed by atoms with Crippen molar-refractivity contribution in [1.82, 2.24) is 0 Å². The first-order valence-electron chi connectivity index (χ1n) is 5.38. The Morgan fingerprint density at radius 2 is 1.75 bits per heavy atom. The van der Waals surface area contributed by atoms with Crippen LogP contribution in [0, 0.1) is 6.92 Å². The molecule has 0 unspecified atom stereocenters. The summed E-state index contributed by atoms with van der Waals surface area (Å²) < 4.78 is 5.58. The SMILES string of the molecule is Cc1ccc2c(-c3ccccc3)coc2c1. The lowest BCUT2D eigenvalue weighted by Crippen LogP contribution is -1.75. The van der Waals surface area contributed by atoms with Gasteiger partial charge in [0.15, 0.2) is 0 Å². The molecule has 16 heavy (non-hydrogen) atoms. The molecule has 78 valence electrons. The topological polar surface area (TPSA) is 13.1 Å². The summed E-state index contributed by atoms with van der Waals surface area (Å²) >= 11 is 0. The molecule has 1 heteroatoms. The molecule has 3 rings (SSSR count). The average Bonchev–Trinajstić information content (AvgIpc) is 2.73. The predicted octanol–water partition coefficient (Wildman–Crippen LogP) is 4.41. The van der Waals surface area contributed by atoms with Crippen LogP contribution in [0.5, 0.6) is 0 Å². The molecule has 0 fully saturated rings. The van der Waals surface area contributed by atoms with Crippen LogP contribution in [0.2, 0.25) is 0 Å². The maximum atomic E-state index is 5.58. The minimum absolute atomic E-state index is 0.957. The first-order chi connectivity index (χ1) is 7.84. The lowest BCUT2D eigenvalue weighted by molar-refractivity contribution is 0.616. The van der Waals surface area contributed by atoms with Crippen molar-refractivity contribution in [2.24, 2.45) is 0 Å². The van der Waals surface area contributed by atoms with Crippen LogP contribution in [0.25, 0.3) is 22.1 Å². The van der Waals surface area contributed by atoms with Gasteiger partial charge in [0.05, 0.1) is 6.26 Å². The Balaban J connectivity index is 2.26. The molecule has 0 amide bonds. The van der Waals surface area contributed by atoms with Crippen LogP contribution < -0.4 is 0 Å². The van der Waals surface area contributed by atoms with Gasteiger partial charge in [-0.05, 0) is 24.1 Å². The lowest BCUT2D eigenvalue weighted by Gasteiger charge is -1.97. The van der Waals surface area contributed by atoms with E-state index in [4.69, 9.17) is 4.42 Å². The Hall–Kier alpha value is -2.02. The molecule has 0 spiro atoms. The number of benzene rings is 2. The summed E-state index contributed by atoms with van der Waals surface area (Å²) in [5.41, 5.74) is 4.54. The third-order valence-electron chi connectivity index (χ3n) is 2.82. The van der Waals surface area contributed by atoms with Gasteiger partial charge in [-0.3, -0.25) is 0 Å². The van der Waals surface area contributed by atoms with E-state index >= 15 is 0 Å². The van der Waals surface area contributed by atoms with E-state index in [1.54, 1.807) is 0 Å². The lowest BCUT2D eigenvalue weighted by atomic mass is 10.0. The maximum Gasteiger partial charge on any atom is 0.134 e. The van der Waals surface area contributed by atoms with Gasteiger partial charge in [0.25, 0.3) is 0 Å². The quantitative estimate of drug-likeness (QED) is 0.577. The van der Waals surface area contributed by atoms with Crippen LogP contribution in [0.4, 0.5) is 0 Å². The fourth-order valence-corrected chi connectivity index (χ4v) is 1.98. The predicted molar refractivity (Wildman–Crippen MR) is 66.4 cm³/mol. The molecule has 0 aliphatic carbocycles. The van der Waals surface area contributed by atoms with Crippen molar-refractivity contribution in [2.75, 3.05) is 0 Å². The van der Waals surface area contributed by atoms with Crippen molar-refractivity contribution in [3.8, 4) is 11.1 Å². The highest BCUT2D eigenvalue weighted by atomic mass is 16.3. The zero-order valence-corrected chi connectivity index (χ0v) is 9.10. The second-order valence-electron chi connectivity index (χ2n) is 4.02. The second kappa shape index (κ2) is 3.53. The third-order valence-corrected chi connectivity index (χ3v) is 2.82. The Morgan fingerprint density at radius 1 is 0.938 bits per heavy atom. The van der Waals surface area contributed by atoms with Gasteiger partial charge in [-0.2, -0.15) is 0 Å². The summed E-state index contributed by atoms with van der Waals surface area (Å²) in [5, 5.41) is 1.18. The fraction of sp³-hybridized carbons (Fsp3) is 0.0667. The Bertz CT molecular complexity index is 620. The molecule has 0 N–H and O–H groups in total. The Kier molecular flexibility index (Phi) is 2.03. The minimum atomic E-state index is 0.957. The van der Waals surface area contributed by atoms with Gasteiger partial charge in [-0.25, -0.2) is 0 Å². The van der Waals surface area contributed by atoms with Crippen LogP contribution in [0.15, 0.2) is 59.2 Å². The molecule has 0 saturated heterocycles. The molecule has 0 saturated carbocycles. The molecule has 0 atom stereocenters. The summed E-state index contributed by atoms with van der Waals surface area (Å²) in [6.45, 7) is 2.07. The highest BCUT2D eigenvalue weighted by Crippen LogP contribution is 2.30. The van der Waals surface area contributed by atoms with Gasteiger partial charge < -0.3 is 4.42 Å². The number of hydrogen-bond donors (Lipinski definition) is 0. The minimum Gasteiger partial charge on any atom is -0.464 e. The van der Waals surface area contributed by atoms with Crippen molar-refractivity contribution in [3.05, 3.63) is 60.4 Å². The van der Waals surface area contributed by atoms with Crippen molar-refractivity contribution >= 4 is 11.0 Å². The number of hydrogen-bond acceptors (Lipinski definition) is 1. The molecule has 3 aromatic rings. The highest BCUT2D eigenvalue weighted by molar-refractivity contribution is 5.94. The smallest absolute Gasteiger partial charge is 0.134 e. The first-order valence-corrected chi connectivity index (χ1v) is 5.38. The molecule has 2 aromatic carbocycles. The van der Waals surface area contributed by atoms with Gasteiger partial charge in [0.2, 0.25) is 0 Å². The molecular weight excluding hydrogens is 196 g/mol. The molecule has 0 radical (unpaired) electrons. The van der Waals surface area contributed by atoms with E-state index in [0.717, 1.165) is 11.1 Å². The summed E-state index contributed by atoms with van der Waals surface area (Å²) in [7, 11) is 0. The Labute approximate surface area is 94.3 Å². The fourth-order valence-electron chi connectivity index (χ4n) is 1.98. The van der Waals surface area contributed by atoms with Crippen LogP contribution in [-0.2, 0) is 0 Å². The van der Waals surface area contributed by atoms with Crippen molar-refractivity contribution < 1.29 is 4.42 Å². The average molecular weight is 208 g/mol. The first kappa shape index (κ1) is 9.22. The molecule has 1 aromatic heterocycles. The van der Waals surface area contributed by atoms with E-state index in [1.807, 2.05) is 24.5 Å². The summed E-state index contributed by atoms with van der Waals surface area (Å²) in [6.07, 6.45) is 1.83. The molecule has 0 aliphatic rings. The van der Waals surface area contributed by atoms with Crippen LogP contribution in [0.3, 0.4) is 0 Å². The zero-order chi connectivity index (χ0) is 11.0. The van der Waals surface area contributed by atoms with E-state index in [1.165, 1.54) is 16.5 Å². The van der Waals surface area contributed by atoms with Gasteiger partial charge >= 0.3 is 0 Å². The van der Waals surface area contributed by atoms with E-state index in [0.29, 0.717) is 0 Å². The van der Waals surface area contributed by atoms with E-state index < -0.39 is 0 Å². The number of furan rings is 1. The Morgan fingerprint density at radius 3 is 2.56 bits per heavy atom. The summed E-state index contributed by atoms with van der Waals surface area (Å²) in [5.74, 6) is 0. The normalized spacial score (nSPS) is 10.8. The van der Waals surface area contributed by atoms with Gasteiger partial charge in [-0.15, -0.1) is 0 Å². The van der Waals surface area contributed by atoms with Crippen LogP contribution in [0.1, 0.15) is 5.56 Å². The van der Waals surface area contributed by atoms with Crippen LogP contribution >= 0.6 is 0 Å².